The topological polar surface area (TPSA) is 81.6 Å². The molecule has 1 unspecified atom stereocenters. The lowest BCUT2D eigenvalue weighted by molar-refractivity contribution is -0.131. The van der Waals surface area contributed by atoms with Gasteiger partial charge in [0.05, 0.1) is 6.54 Å². The van der Waals surface area contributed by atoms with Gasteiger partial charge in [-0.2, -0.15) is 5.10 Å². The van der Waals surface area contributed by atoms with Crippen molar-refractivity contribution in [1.82, 2.24) is 15.1 Å². The number of nitrogens with zero attached hydrogens (tertiary/aromatic N) is 3. The molecule has 1 amide bonds. The van der Waals surface area contributed by atoms with Crippen LogP contribution in [0.25, 0.3) is 0 Å². The molecular weight excluding hydrogens is 310 g/mol. The number of likely N-dealkylation sites (tertiary alicyclic amines) is 1. The SMILES string of the molecule is CC(=O)Oc1ccc(C(=O)N2CCC(Oc3cccnn3)C2)cc1. The van der Waals surface area contributed by atoms with Crippen molar-refractivity contribution in [3.05, 3.63) is 48.2 Å². The summed E-state index contributed by atoms with van der Waals surface area (Å²) in [5, 5.41) is 7.65. The highest BCUT2D eigenvalue weighted by Crippen LogP contribution is 2.19. The van der Waals surface area contributed by atoms with Crippen LogP contribution in [0, 0.1) is 0 Å². The number of hydrogen-bond acceptors (Lipinski definition) is 6. The summed E-state index contributed by atoms with van der Waals surface area (Å²) in [5.41, 5.74) is 0.547. The first-order valence-corrected chi connectivity index (χ1v) is 7.64. The van der Waals surface area contributed by atoms with E-state index >= 15 is 0 Å². The summed E-state index contributed by atoms with van der Waals surface area (Å²) in [6.07, 6.45) is 2.23. The van der Waals surface area contributed by atoms with Crippen molar-refractivity contribution >= 4 is 11.9 Å². The molecule has 1 aliphatic rings. The second-order valence-electron chi connectivity index (χ2n) is 5.46. The first-order chi connectivity index (χ1) is 11.6. The van der Waals surface area contributed by atoms with Crippen LogP contribution in [0.4, 0.5) is 0 Å². The molecule has 1 aromatic heterocycles. The van der Waals surface area contributed by atoms with Crippen molar-refractivity contribution in [3.8, 4) is 11.6 Å². The molecule has 24 heavy (non-hydrogen) atoms. The molecule has 0 aliphatic carbocycles. The molecule has 2 aromatic rings. The Morgan fingerprint density at radius 2 is 2.00 bits per heavy atom. The Morgan fingerprint density at radius 1 is 1.21 bits per heavy atom. The van der Waals surface area contributed by atoms with Crippen molar-refractivity contribution in [1.29, 1.82) is 0 Å². The Balaban J connectivity index is 1.59. The average Bonchev–Trinajstić information content (AvgIpc) is 3.04. The Morgan fingerprint density at radius 3 is 2.67 bits per heavy atom. The van der Waals surface area contributed by atoms with Crippen LogP contribution < -0.4 is 9.47 Å². The second-order valence-corrected chi connectivity index (χ2v) is 5.46. The quantitative estimate of drug-likeness (QED) is 0.628. The third-order valence-electron chi connectivity index (χ3n) is 3.63. The summed E-state index contributed by atoms with van der Waals surface area (Å²) < 4.78 is 10.7. The highest BCUT2D eigenvalue weighted by atomic mass is 16.5. The fourth-order valence-corrected chi connectivity index (χ4v) is 2.54. The van der Waals surface area contributed by atoms with Crippen LogP contribution in [0.15, 0.2) is 42.6 Å². The highest BCUT2D eigenvalue weighted by molar-refractivity contribution is 5.94. The van der Waals surface area contributed by atoms with Crippen LogP contribution in [0.3, 0.4) is 0 Å². The molecule has 0 spiro atoms. The van der Waals surface area contributed by atoms with E-state index in [1.54, 1.807) is 47.5 Å². The summed E-state index contributed by atoms with van der Waals surface area (Å²) >= 11 is 0. The van der Waals surface area contributed by atoms with Crippen LogP contribution in [-0.4, -0.2) is 46.2 Å². The van der Waals surface area contributed by atoms with Gasteiger partial charge in [-0.3, -0.25) is 9.59 Å². The predicted octanol–water partition coefficient (Wildman–Crippen LogP) is 1.70. The Hall–Kier alpha value is -2.96. The number of ether oxygens (including phenoxy) is 2. The molecule has 1 fully saturated rings. The molecule has 0 saturated carbocycles. The van der Waals surface area contributed by atoms with Crippen LogP contribution in [0.5, 0.6) is 11.6 Å². The van der Waals surface area contributed by atoms with Gasteiger partial charge in [0.15, 0.2) is 0 Å². The number of carbonyl (C=O) groups excluding carboxylic acids is 2. The predicted molar refractivity (Wildman–Crippen MR) is 84.7 cm³/mol. The third kappa shape index (κ3) is 3.87. The largest absolute Gasteiger partial charge is 0.471 e. The summed E-state index contributed by atoms with van der Waals surface area (Å²) in [5.74, 6) is 0.416. The van der Waals surface area contributed by atoms with E-state index in [-0.39, 0.29) is 12.0 Å². The number of hydrogen-bond donors (Lipinski definition) is 0. The zero-order chi connectivity index (χ0) is 16.9. The van der Waals surface area contributed by atoms with Crippen molar-refractivity contribution in [3.63, 3.8) is 0 Å². The van der Waals surface area contributed by atoms with Gasteiger partial charge < -0.3 is 14.4 Å². The molecular formula is C17H17N3O4. The molecule has 1 saturated heterocycles. The van der Waals surface area contributed by atoms with E-state index in [0.717, 1.165) is 6.42 Å². The molecule has 0 N–H and O–H groups in total. The maximum atomic E-state index is 12.5. The van der Waals surface area contributed by atoms with E-state index in [1.807, 2.05) is 0 Å². The maximum Gasteiger partial charge on any atom is 0.308 e. The summed E-state index contributed by atoms with van der Waals surface area (Å²) in [4.78, 5) is 25.2. The molecule has 1 aliphatic heterocycles. The average molecular weight is 327 g/mol. The summed E-state index contributed by atoms with van der Waals surface area (Å²) in [7, 11) is 0. The highest BCUT2D eigenvalue weighted by Gasteiger charge is 2.28. The van der Waals surface area contributed by atoms with Crippen molar-refractivity contribution in [2.24, 2.45) is 0 Å². The standard InChI is InChI=1S/C17H17N3O4/c1-12(21)23-14-6-4-13(5-7-14)17(22)20-10-8-15(11-20)24-16-3-2-9-18-19-16/h2-7,9,15H,8,10-11H2,1H3. The van der Waals surface area contributed by atoms with Crippen molar-refractivity contribution in [2.45, 2.75) is 19.4 Å². The van der Waals surface area contributed by atoms with Gasteiger partial charge in [0.2, 0.25) is 5.88 Å². The number of esters is 1. The first kappa shape index (κ1) is 15.9. The van der Waals surface area contributed by atoms with E-state index < -0.39 is 5.97 Å². The van der Waals surface area contributed by atoms with Crippen LogP contribution in [0.1, 0.15) is 23.7 Å². The van der Waals surface area contributed by atoms with Crippen LogP contribution >= 0.6 is 0 Å². The van der Waals surface area contributed by atoms with E-state index in [2.05, 4.69) is 10.2 Å². The van der Waals surface area contributed by atoms with Crippen LogP contribution in [0.2, 0.25) is 0 Å². The number of carbonyl (C=O) groups is 2. The van der Waals surface area contributed by atoms with E-state index in [9.17, 15) is 9.59 Å². The molecule has 7 heteroatoms. The van der Waals surface area contributed by atoms with Gasteiger partial charge in [0.1, 0.15) is 11.9 Å². The minimum atomic E-state index is -0.391. The summed E-state index contributed by atoms with van der Waals surface area (Å²) in [6.45, 7) is 2.46. The fourth-order valence-electron chi connectivity index (χ4n) is 2.54. The Kier molecular flexibility index (Phi) is 4.69. The molecule has 3 rings (SSSR count). The molecule has 7 nitrogen and oxygen atoms in total. The summed E-state index contributed by atoms with van der Waals surface area (Å²) in [6, 6.07) is 10.0. The fraction of sp³-hybridized carbons (Fsp3) is 0.294. The number of aromatic nitrogens is 2. The zero-order valence-corrected chi connectivity index (χ0v) is 13.2. The lowest BCUT2D eigenvalue weighted by atomic mass is 10.2. The third-order valence-corrected chi connectivity index (χ3v) is 3.63. The first-order valence-electron chi connectivity index (χ1n) is 7.64. The molecule has 0 bridgehead atoms. The minimum Gasteiger partial charge on any atom is -0.471 e. The van der Waals surface area contributed by atoms with Gasteiger partial charge in [-0.05, 0) is 30.3 Å². The molecule has 1 aromatic carbocycles. The second kappa shape index (κ2) is 7.08. The lowest BCUT2D eigenvalue weighted by Crippen LogP contribution is -2.31. The monoisotopic (exact) mass is 327 g/mol. The molecule has 124 valence electrons. The normalized spacial score (nSPS) is 16.7. The van der Waals surface area contributed by atoms with E-state index in [1.165, 1.54) is 6.92 Å². The number of amides is 1. The van der Waals surface area contributed by atoms with Gasteiger partial charge in [0.25, 0.3) is 5.91 Å². The minimum absolute atomic E-state index is 0.0744. The Bertz CT molecular complexity index is 718. The van der Waals surface area contributed by atoms with Gasteiger partial charge in [-0.1, -0.05) is 0 Å². The molecule has 0 radical (unpaired) electrons. The lowest BCUT2D eigenvalue weighted by Gasteiger charge is -2.17. The number of benzene rings is 1. The smallest absolute Gasteiger partial charge is 0.308 e. The van der Waals surface area contributed by atoms with Crippen molar-refractivity contribution in [2.75, 3.05) is 13.1 Å². The Labute approximate surface area is 139 Å². The maximum absolute atomic E-state index is 12.5. The van der Waals surface area contributed by atoms with Gasteiger partial charge >= 0.3 is 5.97 Å². The molecule has 2 heterocycles. The van der Waals surface area contributed by atoms with E-state index in [0.29, 0.717) is 30.3 Å². The van der Waals surface area contributed by atoms with E-state index in [4.69, 9.17) is 9.47 Å². The number of rotatable bonds is 4. The molecule has 1 atom stereocenters. The van der Waals surface area contributed by atoms with Crippen LogP contribution in [-0.2, 0) is 4.79 Å². The van der Waals surface area contributed by atoms with Gasteiger partial charge in [-0.25, -0.2) is 0 Å². The zero-order valence-electron chi connectivity index (χ0n) is 13.2. The van der Waals surface area contributed by atoms with Gasteiger partial charge in [0, 0.05) is 37.7 Å². The van der Waals surface area contributed by atoms with Gasteiger partial charge in [-0.15, -0.1) is 5.10 Å². The van der Waals surface area contributed by atoms with Crippen molar-refractivity contribution < 1.29 is 19.1 Å².